The van der Waals surface area contributed by atoms with Crippen LogP contribution in [0.1, 0.15) is 43.8 Å². The van der Waals surface area contributed by atoms with Crippen LogP contribution in [0.2, 0.25) is 0 Å². The van der Waals surface area contributed by atoms with E-state index in [1.807, 2.05) is 0 Å². The van der Waals surface area contributed by atoms with Gasteiger partial charge in [0.2, 0.25) is 10.3 Å². The van der Waals surface area contributed by atoms with Crippen molar-refractivity contribution in [1.82, 2.24) is 24.1 Å². The third-order valence-corrected chi connectivity index (χ3v) is 4.90. The molecule has 0 aliphatic heterocycles. The Morgan fingerprint density at radius 3 is 2.89 bits per heavy atom. The van der Waals surface area contributed by atoms with Crippen molar-refractivity contribution < 1.29 is 4.21 Å². The van der Waals surface area contributed by atoms with Crippen molar-refractivity contribution in [3.63, 3.8) is 0 Å². The minimum Gasteiger partial charge on any atom is -0.251 e. The van der Waals surface area contributed by atoms with Gasteiger partial charge in [0.1, 0.15) is 12.2 Å². The van der Waals surface area contributed by atoms with Crippen LogP contribution < -0.4 is 0 Å². The van der Waals surface area contributed by atoms with E-state index >= 15 is 0 Å². The zero-order valence-corrected chi connectivity index (χ0v) is 12.3. The monoisotopic (exact) mass is 297 g/mol. The third-order valence-electron chi connectivity index (χ3n) is 3.38. The van der Waals surface area contributed by atoms with E-state index in [2.05, 4.69) is 19.6 Å². The minimum atomic E-state index is -1.18. The quantitative estimate of drug-likeness (QED) is 0.865. The van der Waals surface area contributed by atoms with Crippen LogP contribution in [-0.2, 0) is 10.8 Å². The van der Waals surface area contributed by atoms with Crippen LogP contribution in [0.3, 0.4) is 0 Å². The Labute approximate surface area is 117 Å². The molecule has 1 aliphatic rings. The Morgan fingerprint density at radius 2 is 2.16 bits per heavy atom. The second-order valence-corrected chi connectivity index (χ2v) is 6.71. The lowest BCUT2D eigenvalue weighted by Crippen LogP contribution is -2.07. The van der Waals surface area contributed by atoms with Crippen LogP contribution in [-0.4, -0.2) is 34.6 Å². The van der Waals surface area contributed by atoms with Gasteiger partial charge in [0.05, 0.1) is 10.8 Å². The van der Waals surface area contributed by atoms with E-state index in [0.717, 1.165) is 5.82 Å². The molecule has 8 heteroatoms. The standard InChI is InChI=1S/C11H15N5OS2/c1-19(17)11-14-12-7-16(11)10-13-9(15-18-10)8-5-3-2-4-6-8/h7-8H,2-6H2,1H3. The summed E-state index contributed by atoms with van der Waals surface area (Å²) in [6, 6.07) is 0. The maximum Gasteiger partial charge on any atom is 0.227 e. The second kappa shape index (κ2) is 5.46. The topological polar surface area (TPSA) is 73.6 Å². The summed E-state index contributed by atoms with van der Waals surface area (Å²) >= 11 is 1.32. The van der Waals surface area contributed by atoms with E-state index in [0.29, 0.717) is 16.2 Å². The van der Waals surface area contributed by atoms with Gasteiger partial charge >= 0.3 is 0 Å². The van der Waals surface area contributed by atoms with Gasteiger partial charge in [0.15, 0.2) is 0 Å². The molecule has 6 nitrogen and oxygen atoms in total. The third kappa shape index (κ3) is 2.59. The molecule has 1 aliphatic carbocycles. The largest absolute Gasteiger partial charge is 0.251 e. The Bertz CT molecular complexity index is 587. The summed E-state index contributed by atoms with van der Waals surface area (Å²) in [5, 5.41) is 8.79. The summed E-state index contributed by atoms with van der Waals surface area (Å²) in [5.74, 6) is 1.40. The predicted molar refractivity (Wildman–Crippen MR) is 73.0 cm³/mol. The Morgan fingerprint density at radius 1 is 1.37 bits per heavy atom. The molecule has 0 radical (unpaired) electrons. The molecule has 1 atom stereocenters. The van der Waals surface area contributed by atoms with Crippen LogP contribution in [0, 0.1) is 0 Å². The average Bonchev–Trinajstić information content (AvgIpc) is 3.08. The van der Waals surface area contributed by atoms with E-state index in [-0.39, 0.29) is 0 Å². The number of hydrogen-bond donors (Lipinski definition) is 0. The SMILES string of the molecule is CS(=O)c1nncn1-c1nc(C2CCCCC2)ns1. The molecular weight excluding hydrogens is 282 g/mol. The molecule has 3 rings (SSSR count). The number of aromatic nitrogens is 5. The van der Waals surface area contributed by atoms with Gasteiger partial charge < -0.3 is 0 Å². The summed E-state index contributed by atoms with van der Waals surface area (Å²) in [4.78, 5) is 4.58. The minimum absolute atomic E-state index is 0.423. The van der Waals surface area contributed by atoms with E-state index in [1.165, 1.54) is 43.6 Å². The summed E-state index contributed by atoms with van der Waals surface area (Å²) in [6.07, 6.45) is 9.31. The van der Waals surface area contributed by atoms with E-state index in [4.69, 9.17) is 0 Å². The average molecular weight is 297 g/mol. The molecule has 1 fully saturated rings. The maximum atomic E-state index is 11.6. The Kier molecular flexibility index (Phi) is 3.69. The first-order chi connectivity index (χ1) is 9.25. The molecular formula is C11H15N5OS2. The van der Waals surface area contributed by atoms with Crippen molar-refractivity contribution in [2.45, 2.75) is 43.2 Å². The molecule has 1 unspecified atom stereocenters. The van der Waals surface area contributed by atoms with E-state index in [9.17, 15) is 4.21 Å². The highest BCUT2D eigenvalue weighted by atomic mass is 32.2. The first-order valence-corrected chi connectivity index (χ1v) is 8.66. The molecule has 19 heavy (non-hydrogen) atoms. The van der Waals surface area contributed by atoms with Crippen LogP contribution in [0.15, 0.2) is 11.5 Å². The second-order valence-electron chi connectivity index (χ2n) is 4.71. The molecule has 1 saturated carbocycles. The fourth-order valence-electron chi connectivity index (χ4n) is 2.40. The molecule has 0 bridgehead atoms. The van der Waals surface area contributed by atoms with Gasteiger partial charge in [-0.2, -0.15) is 4.37 Å². The zero-order valence-electron chi connectivity index (χ0n) is 10.7. The van der Waals surface area contributed by atoms with Gasteiger partial charge in [-0.3, -0.25) is 4.21 Å². The fraction of sp³-hybridized carbons (Fsp3) is 0.636. The van der Waals surface area contributed by atoms with Gasteiger partial charge in [0.25, 0.3) is 0 Å². The first kappa shape index (κ1) is 12.9. The molecule has 0 spiro atoms. The van der Waals surface area contributed by atoms with Gasteiger partial charge in [-0.05, 0) is 12.8 Å². The van der Waals surface area contributed by atoms with Gasteiger partial charge in [-0.1, -0.05) is 19.3 Å². The molecule has 102 valence electrons. The summed E-state index contributed by atoms with van der Waals surface area (Å²) < 4.78 is 17.7. The molecule has 0 N–H and O–H groups in total. The fourth-order valence-corrected chi connectivity index (χ4v) is 3.75. The lowest BCUT2D eigenvalue weighted by Gasteiger charge is -2.18. The molecule has 0 amide bonds. The van der Waals surface area contributed by atoms with Crippen molar-refractivity contribution in [1.29, 1.82) is 0 Å². The molecule has 0 saturated heterocycles. The number of hydrogen-bond acceptors (Lipinski definition) is 6. The molecule has 2 heterocycles. The molecule has 2 aromatic heterocycles. The van der Waals surface area contributed by atoms with Crippen LogP contribution in [0.4, 0.5) is 0 Å². The highest BCUT2D eigenvalue weighted by molar-refractivity contribution is 7.84. The molecule has 2 aromatic rings. The van der Waals surface area contributed by atoms with Gasteiger partial charge in [-0.25, -0.2) is 9.55 Å². The van der Waals surface area contributed by atoms with E-state index < -0.39 is 10.8 Å². The highest BCUT2D eigenvalue weighted by Gasteiger charge is 2.21. The highest BCUT2D eigenvalue weighted by Crippen LogP contribution is 2.32. The zero-order chi connectivity index (χ0) is 13.2. The normalized spacial score (nSPS) is 18.6. The van der Waals surface area contributed by atoms with Gasteiger partial charge in [0, 0.05) is 23.7 Å². The number of rotatable bonds is 3. The van der Waals surface area contributed by atoms with Crippen LogP contribution in [0.25, 0.3) is 5.13 Å². The van der Waals surface area contributed by atoms with Crippen molar-refractivity contribution in [2.24, 2.45) is 0 Å². The van der Waals surface area contributed by atoms with Crippen LogP contribution in [0.5, 0.6) is 0 Å². The van der Waals surface area contributed by atoms with Crippen LogP contribution >= 0.6 is 11.5 Å². The van der Waals surface area contributed by atoms with E-state index in [1.54, 1.807) is 17.2 Å². The Hall–Kier alpha value is -1.15. The van der Waals surface area contributed by atoms with Crippen molar-refractivity contribution in [3.8, 4) is 5.13 Å². The predicted octanol–water partition coefficient (Wildman–Crippen LogP) is 1.90. The van der Waals surface area contributed by atoms with Gasteiger partial charge in [-0.15, -0.1) is 10.2 Å². The lowest BCUT2D eigenvalue weighted by molar-refractivity contribution is 0.431. The summed E-state index contributed by atoms with van der Waals surface area (Å²) in [5.41, 5.74) is 0. The summed E-state index contributed by atoms with van der Waals surface area (Å²) in [6.45, 7) is 0. The molecule has 0 aromatic carbocycles. The lowest BCUT2D eigenvalue weighted by atomic mass is 9.89. The Balaban J connectivity index is 1.88. The number of nitrogens with zero attached hydrogens (tertiary/aromatic N) is 5. The van der Waals surface area contributed by atoms with Crippen molar-refractivity contribution in [3.05, 3.63) is 12.2 Å². The maximum absolute atomic E-state index is 11.6. The summed E-state index contributed by atoms with van der Waals surface area (Å²) in [7, 11) is -1.18. The van der Waals surface area contributed by atoms with Crippen molar-refractivity contribution in [2.75, 3.05) is 6.26 Å². The smallest absolute Gasteiger partial charge is 0.227 e. The first-order valence-electron chi connectivity index (χ1n) is 6.33. The van der Waals surface area contributed by atoms with Crippen molar-refractivity contribution >= 4 is 22.3 Å².